The summed E-state index contributed by atoms with van der Waals surface area (Å²) in [4.78, 5) is 14.2. The van der Waals surface area contributed by atoms with E-state index in [1.165, 1.54) is 36.5 Å². The molecule has 0 amide bonds. The van der Waals surface area contributed by atoms with Gasteiger partial charge in [-0.1, -0.05) is 12.1 Å². The Kier molecular flexibility index (Phi) is 4.29. The van der Waals surface area contributed by atoms with Gasteiger partial charge in [0.2, 0.25) is 5.03 Å². The minimum Gasteiger partial charge on any atom is -0.478 e. The molecule has 0 aliphatic carbocycles. The maximum absolute atomic E-state index is 13.4. The quantitative estimate of drug-likeness (QED) is 0.870. The van der Waals surface area contributed by atoms with Gasteiger partial charge in [-0.25, -0.2) is 27.3 Å². The Morgan fingerprint density at radius 2 is 1.90 bits per heavy atom. The lowest BCUT2D eigenvalue weighted by atomic mass is 10.1. The summed E-state index contributed by atoms with van der Waals surface area (Å²) in [6.45, 7) is -0.0990. The molecule has 2 rings (SSSR count). The normalized spacial score (nSPS) is 11.3. The van der Waals surface area contributed by atoms with Crippen molar-refractivity contribution in [3.05, 3.63) is 59.5 Å². The van der Waals surface area contributed by atoms with Crippen LogP contribution in [0.25, 0.3) is 0 Å². The zero-order valence-corrected chi connectivity index (χ0v) is 11.5. The number of nitrogens with zero attached hydrogens (tertiary/aromatic N) is 1. The zero-order valence-electron chi connectivity index (χ0n) is 10.7. The smallest absolute Gasteiger partial charge is 0.335 e. The van der Waals surface area contributed by atoms with Gasteiger partial charge in [-0.05, 0) is 29.8 Å². The number of carboxylic acid groups (broad SMARTS) is 1. The van der Waals surface area contributed by atoms with E-state index in [-0.39, 0.29) is 12.1 Å². The van der Waals surface area contributed by atoms with Crippen LogP contribution in [0.15, 0.2) is 47.6 Å². The molecule has 0 unspecified atom stereocenters. The van der Waals surface area contributed by atoms with Gasteiger partial charge in [-0.15, -0.1) is 0 Å². The second kappa shape index (κ2) is 5.98. The summed E-state index contributed by atoms with van der Waals surface area (Å²) < 4.78 is 39.4. The molecule has 0 aliphatic heterocycles. The van der Waals surface area contributed by atoms with E-state index in [1.807, 2.05) is 0 Å². The highest BCUT2D eigenvalue weighted by molar-refractivity contribution is 7.89. The van der Waals surface area contributed by atoms with Crippen LogP contribution in [0, 0.1) is 5.82 Å². The van der Waals surface area contributed by atoms with Crippen LogP contribution in [-0.4, -0.2) is 24.5 Å². The maximum Gasteiger partial charge on any atom is 0.335 e. The highest BCUT2D eigenvalue weighted by Gasteiger charge is 2.19. The molecule has 21 heavy (non-hydrogen) atoms. The topological polar surface area (TPSA) is 96.4 Å². The number of aromatic nitrogens is 1. The fraction of sp³-hybridized carbons (Fsp3) is 0.0769. The number of pyridine rings is 1. The molecule has 0 atom stereocenters. The molecule has 0 radical (unpaired) electrons. The Morgan fingerprint density at radius 3 is 2.48 bits per heavy atom. The SMILES string of the molecule is O=C(O)c1ccc(CNS(=O)(=O)c2ncccc2F)cc1. The van der Waals surface area contributed by atoms with Gasteiger partial charge in [0.1, 0.15) is 0 Å². The van der Waals surface area contributed by atoms with Crippen molar-refractivity contribution < 1.29 is 22.7 Å². The number of hydrogen-bond donors (Lipinski definition) is 2. The second-order valence-electron chi connectivity index (χ2n) is 4.12. The molecule has 0 saturated carbocycles. The van der Waals surface area contributed by atoms with Gasteiger partial charge in [0.15, 0.2) is 5.82 Å². The van der Waals surface area contributed by atoms with E-state index >= 15 is 0 Å². The second-order valence-corrected chi connectivity index (χ2v) is 5.80. The van der Waals surface area contributed by atoms with Crippen LogP contribution >= 0.6 is 0 Å². The van der Waals surface area contributed by atoms with Gasteiger partial charge >= 0.3 is 5.97 Å². The van der Waals surface area contributed by atoms with Crippen molar-refractivity contribution in [3.63, 3.8) is 0 Å². The maximum atomic E-state index is 13.4. The lowest BCUT2D eigenvalue weighted by molar-refractivity contribution is 0.0697. The lowest BCUT2D eigenvalue weighted by Gasteiger charge is -2.07. The molecule has 0 saturated heterocycles. The van der Waals surface area contributed by atoms with Gasteiger partial charge in [0, 0.05) is 12.7 Å². The third-order valence-electron chi connectivity index (χ3n) is 2.65. The van der Waals surface area contributed by atoms with Crippen molar-refractivity contribution in [1.29, 1.82) is 0 Å². The summed E-state index contributed by atoms with van der Waals surface area (Å²) in [5.74, 6) is -2.01. The van der Waals surface area contributed by atoms with Crippen LogP contribution in [0.2, 0.25) is 0 Å². The van der Waals surface area contributed by atoms with Crippen LogP contribution in [0.4, 0.5) is 4.39 Å². The summed E-state index contributed by atoms with van der Waals surface area (Å²) in [5, 5.41) is 8.08. The first-order chi connectivity index (χ1) is 9.90. The first-order valence-corrected chi connectivity index (χ1v) is 7.31. The van der Waals surface area contributed by atoms with Crippen molar-refractivity contribution in [2.45, 2.75) is 11.6 Å². The largest absolute Gasteiger partial charge is 0.478 e. The monoisotopic (exact) mass is 310 g/mol. The number of nitrogens with one attached hydrogen (secondary N) is 1. The number of benzene rings is 1. The molecule has 1 aromatic carbocycles. The number of carbonyl (C=O) groups is 1. The van der Waals surface area contributed by atoms with Crippen LogP contribution < -0.4 is 4.72 Å². The van der Waals surface area contributed by atoms with Gasteiger partial charge in [-0.2, -0.15) is 0 Å². The average molecular weight is 310 g/mol. The zero-order chi connectivity index (χ0) is 15.5. The number of aromatic carboxylic acids is 1. The third-order valence-corrected chi connectivity index (χ3v) is 3.98. The molecule has 2 aromatic rings. The van der Waals surface area contributed by atoms with Crippen molar-refractivity contribution in [1.82, 2.24) is 9.71 Å². The van der Waals surface area contributed by atoms with E-state index in [9.17, 15) is 17.6 Å². The molecule has 1 heterocycles. The molecule has 0 bridgehead atoms. The number of hydrogen-bond acceptors (Lipinski definition) is 4. The standard InChI is InChI=1S/C13H11FN2O4S/c14-11-2-1-7-15-12(11)21(19,20)16-8-9-3-5-10(6-4-9)13(17)18/h1-7,16H,8H2,(H,17,18). The van der Waals surface area contributed by atoms with E-state index in [0.29, 0.717) is 5.56 Å². The van der Waals surface area contributed by atoms with Crippen LogP contribution in [-0.2, 0) is 16.6 Å². The molecule has 8 heteroatoms. The molecular formula is C13H11FN2O4S. The van der Waals surface area contributed by atoms with Crippen molar-refractivity contribution in [2.75, 3.05) is 0 Å². The minimum absolute atomic E-state index is 0.0948. The summed E-state index contributed by atoms with van der Waals surface area (Å²) in [6.07, 6.45) is 1.18. The Labute approximate surface area is 120 Å². The molecule has 1 aromatic heterocycles. The number of rotatable bonds is 5. The van der Waals surface area contributed by atoms with Gasteiger partial charge in [0.25, 0.3) is 10.0 Å². The fourth-order valence-corrected chi connectivity index (χ4v) is 2.60. The Bertz CT molecular complexity index is 760. The predicted octanol–water partition coefficient (Wildman–Crippen LogP) is 1.40. The predicted molar refractivity (Wildman–Crippen MR) is 71.6 cm³/mol. The third kappa shape index (κ3) is 3.61. The molecule has 0 aliphatic rings. The lowest BCUT2D eigenvalue weighted by Crippen LogP contribution is -2.25. The Morgan fingerprint density at radius 1 is 1.24 bits per heavy atom. The van der Waals surface area contributed by atoms with Crippen molar-refractivity contribution >= 4 is 16.0 Å². The highest BCUT2D eigenvalue weighted by Crippen LogP contribution is 2.11. The van der Waals surface area contributed by atoms with Crippen molar-refractivity contribution in [2.24, 2.45) is 0 Å². The van der Waals surface area contributed by atoms with Crippen molar-refractivity contribution in [3.8, 4) is 0 Å². The van der Waals surface area contributed by atoms with Crippen LogP contribution in [0.5, 0.6) is 0 Å². The summed E-state index contributed by atoms with van der Waals surface area (Å²) in [6, 6.07) is 7.95. The number of sulfonamides is 1. The van der Waals surface area contributed by atoms with E-state index in [2.05, 4.69) is 9.71 Å². The summed E-state index contributed by atoms with van der Waals surface area (Å²) >= 11 is 0. The van der Waals surface area contributed by atoms with E-state index in [1.54, 1.807) is 0 Å². The van der Waals surface area contributed by atoms with E-state index in [0.717, 1.165) is 6.07 Å². The molecule has 0 fully saturated rings. The van der Waals surface area contributed by atoms with Crippen LogP contribution in [0.3, 0.4) is 0 Å². The van der Waals surface area contributed by atoms with Gasteiger partial charge in [-0.3, -0.25) is 0 Å². The van der Waals surface area contributed by atoms with E-state index in [4.69, 9.17) is 5.11 Å². The fourth-order valence-electron chi connectivity index (χ4n) is 1.58. The molecular weight excluding hydrogens is 299 g/mol. The molecule has 2 N–H and O–H groups in total. The Hall–Kier alpha value is -2.32. The number of halogens is 1. The average Bonchev–Trinajstić information content (AvgIpc) is 2.46. The molecule has 110 valence electrons. The summed E-state index contributed by atoms with van der Waals surface area (Å²) in [7, 11) is -4.07. The molecule has 0 spiro atoms. The highest BCUT2D eigenvalue weighted by atomic mass is 32.2. The first kappa shape index (κ1) is 15.1. The van der Waals surface area contributed by atoms with Gasteiger partial charge in [0.05, 0.1) is 5.56 Å². The Balaban J connectivity index is 2.12. The summed E-state index contributed by atoms with van der Waals surface area (Å²) in [5.41, 5.74) is 0.636. The number of carboxylic acids is 1. The van der Waals surface area contributed by atoms with E-state index < -0.39 is 26.8 Å². The first-order valence-electron chi connectivity index (χ1n) is 5.82. The van der Waals surface area contributed by atoms with Crippen LogP contribution in [0.1, 0.15) is 15.9 Å². The minimum atomic E-state index is -4.07. The molecule has 6 nitrogen and oxygen atoms in total. The van der Waals surface area contributed by atoms with Gasteiger partial charge < -0.3 is 5.11 Å².